The monoisotopic (exact) mass is 302 g/mol. The van der Waals surface area contributed by atoms with Gasteiger partial charge in [0.1, 0.15) is 6.29 Å². The lowest BCUT2D eigenvalue weighted by atomic mass is 10.2. The summed E-state index contributed by atoms with van der Waals surface area (Å²) < 4.78 is 11.3. The summed E-state index contributed by atoms with van der Waals surface area (Å²) >= 11 is 1.70. The summed E-state index contributed by atoms with van der Waals surface area (Å²) in [6.45, 7) is 3.18. The Balaban J connectivity index is 1.80. The molecule has 0 saturated heterocycles. The van der Waals surface area contributed by atoms with E-state index in [0.717, 1.165) is 28.4 Å². The van der Waals surface area contributed by atoms with Crippen LogP contribution in [0.4, 0.5) is 0 Å². The molecule has 3 nitrogen and oxygen atoms in total. The molecule has 110 valence electrons. The van der Waals surface area contributed by atoms with Gasteiger partial charge in [0.25, 0.3) is 0 Å². The van der Waals surface area contributed by atoms with Gasteiger partial charge >= 0.3 is 0 Å². The summed E-state index contributed by atoms with van der Waals surface area (Å²) in [7, 11) is 0. The van der Waals surface area contributed by atoms with Crippen molar-refractivity contribution in [3.8, 4) is 11.5 Å². The lowest BCUT2D eigenvalue weighted by Gasteiger charge is -2.11. The van der Waals surface area contributed by atoms with Crippen molar-refractivity contribution in [1.82, 2.24) is 0 Å². The first-order valence-corrected chi connectivity index (χ1v) is 7.84. The smallest absolute Gasteiger partial charge is 0.161 e. The van der Waals surface area contributed by atoms with Crippen LogP contribution in [0.1, 0.15) is 17.3 Å². The maximum Gasteiger partial charge on any atom is 0.161 e. The van der Waals surface area contributed by atoms with E-state index in [1.807, 2.05) is 55.5 Å². The third-order valence-electron chi connectivity index (χ3n) is 2.77. The second kappa shape index (κ2) is 8.37. The zero-order chi connectivity index (χ0) is 14.9. The molecule has 0 unspecified atom stereocenters. The Hall–Kier alpha value is -1.94. The number of benzene rings is 2. The Kier molecular flexibility index (Phi) is 6.16. The molecule has 0 aliphatic carbocycles. The number of ether oxygens (including phenoxy) is 2. The minimum atomic E-state index is 0.601. The van der Waals surface area contributed by atoms with E-state index in [0.29, 0.717) is 18.8 Å². The van der Waals surface area contributed by atoms with Crippen LogP contribution in [0.25, 0.3) is 0 Å². The first-order valence-electron chi connectivity index (χ1n) is 6.86. The highest BCUT2D eigenvalue weighted by atomic mass is 32.2. The number of hydrogen-bond acceptors (Lipinski definition) is 4. The molecule has 0 N–H and O–H groups in total. The molecule has 0 bridgehead atoms. The number of rotatable bonds is 8. The Morgan fingerprint density at radius 1 is 1.00 bits per heavy atom. The number of para-hydroxylation sites is 2. The van der Waals surface area contributed by atoms with E-state index >= 15 is 0 Å². The van der Waals surface area contributed by atoms with E-state index in [-0.39, 0.29) is 0 Å². The van der Waals surface area contributed by atoms with Gasteiger partial charge in [-0.05, 0) is 31.2 Å². The largest absolute Gasteiger partial charge is 0.490 e. The number of thioether (sulfide) groups is 1. The Bertz CT molecular complexity index is 567. The van der Waals surface area contributed by atoms with Crippen molar-refractivity contribution < 1.29 is 14.3 Å². The summed E-state index contributed by atoms with van der Waals surface area (Å²) in [5.74, 6) is 2.39. The highest BCUT2D eigenvalue weighted by Crippen LogP contribution is 2.27. The van der Waals surface area contributed by atoms with E-state index in [9.17, 15) is 4.79 Å². The molecule has 0 aliphatic heterocycles. The first-order chi connectivity index (χ1) is 10.3. The van der Waals surface area contributed by atoms with Gasteiger partial charge < -0.3 is 9.47 Å². The van der Waals surface area contributed by atoms with Gasteiger partial charge in [0.05, 0.1) is 13.2 Å². The summed E-state index contributed by atoms with van der Waals surface area (Å²) in [6, 6.07) is 15.2. The summed E-state index contributed by atoms with van der Waals surface area (Å²) in [5.41, 5.74) is 0.696. The molecule has 0 amide bonds. The molecule has 2 aromatic carbocycles. The van der Waals surface area contributed by atoms with Crippen molar-refractivity contribution in [2.75, 3.05) is 19.0 Å². The Morgan fingerprint density at radius 3 is 2.29 bits per heavy atom. The third-order valence-corrected chi connectivity index (χ3v) is 3.75. The molecule has 0 saturated carbocycles. The van der Waals surface area contributed by atoms with Crippen molar-refractivity contribution in [2.24, 2.45) is 0 Å². The van der Waals surface area contributed by atoms with Gasteiger partial charge in [0, 0.05) is 16.2 Å². The fraction of sp³-hybridized carbons (Fsp3) is 0.235. The third kappa shape index (κ3) is 4.83. The molecule has 21 heavy (non-hydrogen) atoms. The zero-order valence-electron chi connectivity index (χ0n) is 12.0. The van der Waals surface area contributed by atoms with Gasteiger partial charge in [-0.3, -0.25) is 4.79 Å². The summed E-state index contributed by atoms with van der Waals surface area (Å²) in [5, 5.41) is 0. The molecular weight excluding hydrogens is 284 g/mol. The van der Waals surface area contributed by atoms with Crippen LogP contribution in [-0.4, -0.2) is 25.3 Å². The van der Waals surface area contributed by atoms with Crippen LogP contribution in [0.5, 0.6) is 11.5 Å². The standard InChI is InChI=1S/C17H18O3S/c1-2-19-16-5-3-4-6-17(16)20-11-12-21-15-9-7-14(13-18)8-10-15/h3-10,13H,2,11-12H2,1H3. The van der Waals surface area contributed by atoms with Crippen molar-refractivity contribution in [3.63, 3.8) is 0 Å². The van der Waals surface area contributed by atoms with Crippen LogP contribution in [0.15, 0.2) is 53.4 Å². The van der Waals surface area contributed by atoms with E-state index < -0.39 is 0 Å². The molecule has 0 heterocycles. The Labute approximate surface area is 129 Å². The normalized spacial score (nSPS) is 10.1. The van der Waals surface area contributed by atoms with Crippen molar-refractivity contribution in [3.05, 3.63) is 54.1 Å². The van der Waals surface area contributed by atoms with Crippen LogP contribution in [0.2, 0.25) is 0 Å². The molecule has 0 aromatic heterocycles. The highest BCUT2D eigenvalue weighted by Gasteiger charge is 2.03. The predicted octanol–water partition coefficient (Wildman–Crippen LogP) is 4.07. The number of carbonyl (C=O) groups is 1. The van der Waals surface area contributed by atoms with Crippen LogP contribution < -0.4 is 9.47 Å². The van der Waals surface area contributed by atoms with Crippen LogP contribution in [0, 0.1) is 0 Å². The van der Waals surface area contributed by atoms with Crippen molar-refractivity contribution in [2.45, 2.75) is 11.8 Å². The molecular formula is C17H18O3S. The van der Waals surface area contributed by atoms with Gasteiger partial charge in [-0.2, -0.15) is 0 Å². The van der Waals surface area contributed by atoms with Crippen LogP contribution in [0.3, 0.4) is 0 Å². The SMILES string of the molecule is CCOc1ccccc1OCCSc1ccc(C=O)cc1. The van der Waals surface area contributed by atoms with Crippen LogP contribution in [-0.2, 0) is 0 Å². The van der Waals surface area contributed by atoms with Gasteiger partial charge in [-0.15, -0.1) is 11.8 Å². The van der Waals surface area contributed by atoms with Gasteiger partial charge in [-0.1, -0.05) is 24.3 Å². The molecule has 0 fully saturated rings. The first kappa shape index (κ1) is 15.4. The number of hydrogen-bond donors (Lipinski definition) is 0. The lowest BCUT2D eigenvalue weighted by molar-refractivity contribution is 0.112. The summed E-state index contributed by atoms with van der Waals surface area (Å²) in [4.78, 5) is 11.7. The maximum absolute atomic E-state index is 10.6. The molecule has 0 spiro atoms. The maximum atomic E-state index is 10.6. The quantitative estimate of drug-likeness (QED) is 0.418. The highest BCUT2D eigenvalue weighted by molar-refractivity contribution is 7.99. The average Bonchev–Trinajstić information content (AvgIpc) is 2.54. The van der Waals surface area contributed by atoms with E-state index in [4.69, 9.17) is 9.47 Å². The van der Waals surface area contributed by atoms with Gasteiger partial charge in [0.15, 0.2) is 11.5 Å². The molecule has 2 aromatic rings. The van der Waals surface area contributed by atoms with Crippen molar-refractivity contribution >= 4 is 18.0 Å². The minimum absolute atomic E-state index is 0.601. The molecule has 2 rings (SSSR count). The fourth-order valence-corrected chi connectivity index (χ4v) is 2.53. The molecule has 0 radical (unpaired) electrons. The van der Waals surface area contributed by atoms with Gasteiger partial charge in [0.2, 0.25) is 0 Å². The van der Waals surface area contributed by atoms with Gasteiger partial charge in [-0.25, -0.2) is 0 Å². The molecule has 0 atom stereocenters. The van der Waals surface area contributed by atoms with Crippen molar-refractivity contribution in [1.29, 1.82) is 0 Å². The lowest BCUT2D eigenvalue weighted by Crippen LogP contribution is -2.02. The van der Waals surface area contributed by atoms with E-state index in [1.54, 1.807) is 11.8 Å². The number of carbonyl (C=O) groups excluding carboxylic acids is 1. The second-order valence-electron chi connectivity index (χ2n) is 4.26. The zero-order valence-corrected chi connectivity index (χ0v) is 12.8. The van der Waals surface area contributed by atoms with Crippen LogP contribution >= 0.6 is 11.8 Å². The fourth-order valence-electron chi connectivity index (χ4n) is 1.80. The minimum Gasteiger partial charge on any atom is -0.490 e. The topological polar surface area (TPSA) is 35.5 Å². The summed E-state index contributed by atoms with van der Waals surface area (Å²) in [6.07, 6.45) is 0.849. The predicted molar refractivity (Wildman–Crippen MR) is 85.7 cm³/mol. The molecule has 0 aliphatic rings. The number of aldehydes is 1. The second-order valence-corrected chi connectivity index (χ2v) is 5.43. The Morgan fingerprint density at radius 2 is 1.67 bits per heavy atom. The van der Waals surface area contributed by atoms with E-state index in [2.05, 4.69) is 0 Å². The average molecular weight is 302 g/mol. The molecule has 4 heteroatoms. The van der Waals surface area contributed by atoms with E-state index in [1.165, 1.54) is 0 Å².